The van der Waals surface area contributed by atoms with E-state index in [4.69, 9.17) is 9.47 Å². The molecule has 0 aliphatic heterocycles. The lowest BCUT2D eigenvalue weighted by Gasteiger charge is -2.17. The molecule has 0 saturated heterocycles. The van der Waals surface area contributed by atoms with Crippen LogP contribution in [0.2, 0.25) is 0 Å². The van der Waals surface area contributed by atoms with E-state index in [1.165, 1.54) is 32.4 Å². The number of nitrogens with zero attached hydrogens (tertiary/aromatic N) is 1. The Hall–Kier alpha value is -2.95. The maximum Gasteiger partial charge on any atom is 0.273 e. The molecule has 0 radical (unpaired) electrons. The van der Waals surface area contributed by atoms with E-state index >= 15 is 0 Å². The summed E-state index contributed by atoms with van der Waals surface area (Å²) in [6.45, 7) is 1.99. The van der Waals surface area contributed by atoms with Crippen molar-refractivity contribution >= 4 is 21.8 Å². The zero-order valence-electron chi connectivity index (χ0n) is 17.0. The normalized spacial score (nSPS) is 11.2. The molecule has 2 aromatic rings. The van der Waals surface area contributed by atoms with Crippen LogP contribution < -0.4 is 15.6 Å². The van der Waals surface area contributed by atoms with E-state index in [-0.39, 0.29) is 17.1 Å². The fraction of sp³-hybridized carbons (Fsp3) is 0.300. The topological polar surface area (TPSA) is 114 Å². The van der Waals surface area contributed by atoms with Crippen molar-refractivity contribution in [2.75, 3.05) is 33.9 Å². The van der Waals surface area contributed by atoms with Gasteiger partial charge in [0.25, 0.3) is 11.8 Å². The summed E-state index contributed by atoms with van der Waals surface area (Å²) in [5, 5.41) is 0. The molecule has 162 valence electrons. The summed E-state index contributed by atoms with van der Waals surface area (Å²) < 4.78 is 36.4. The van der Waals surface area contributed by atoms with Crippen LogP contribution >= 0.6 is 0 Å². The Labute approximate surface area is 176 Å². The molecular weight excluding hydrogens is 410 g/mol. The Morgan fingerprint density at radius 2 is 1.67 bits per heavy atom. The van der Waals surface area contributed by atoms with Crippen LogP contribution in [0.3, 0.4) is 0 Å². The molecule has 10 heteroatoms. The molecule has 2 rings (SSSR count). The summed E-state index contributed by atoms with van der Waals surface area (Å²) in [6.07, 6.45) is 0. The van der Waals surface area contributed by atoms with Gasteiger partial charge in [-0.05, 0) is 31.2 Å². The quantitative estimate of drug-likeness (QED) is 0.450. The van der Waals surface area contributed by atoms with Crippen molar-refractivity contribution in [3.63, 3.8) is 0 Å². The van der Waals surface area contributed by atoms with Crippen LogP contribution in [0.5, 0.6) is 5.75 Å². The Bertz CT molecular complexity index is 976. The fourth-order valence-electron chi connectivity index (χ4n) is 2.43. The van der Waals surface area contributed by atoms with Gasteiger partial charge in [0, 0.05) is 14.2 Å². The number of hydrogen-bond acceptors (Lipinski definition) is 6. The predicted molar refractivity (Wildman–Crippen MR) is 110 cm³/mol. The van der Waals surface area contributed by atoms with Crippen LogP contribution in [-0.2, 0) is 19.6 Å². The zero-order chi connectivity index (χ0) is 22.1. The van der Waals surface area contributed by atoms with Gasteiger partial charge in [0.05, 0.1) is 23.6 Å². The lowest BCUT2D eigenvalue weighted by atomic mass is 10.2. The Morgan fingerprint density at radius 3 is 2.33 bits per heavy atom. The molecule has 2 amide bonds. The van der Waals surface area contributed by atoms with Gasteiger partial charge in [0.15, 0.2) is 0 Å². The van der Waals surface area contributed by atoms with Crippen LogP contribution in [0.15, 0.2) is 53.4 Å². The lowest BCUT2D eigenvalue weighted by molar-refractivity contribution is -0.121. The van der Waals surface area contributed by atoms with Crippen molar-refractivity contribution in [3.8, 4) is 5.75 Å². The Balaban J connectivity index is 1.94. The third-order valence-corrected chi connectivity index (χ3v) is 5.91. The first-order valence-corrected chi connectivity index (χ1v) is 10.5. The maximum atomic E-state index is 12.5. The van der Waals surface area contributed by atoms with Crippen molar-refractivity contribution in [1.29, 1.82) is 0 Å². The largest absolute Gasteiger partial charge is 0.490 e. The highest BCUT2D eigenvalue weighted by Gasteiger charge is 2.23. The first kappa shape index (κ1) is 23.3. The van der Waals surface area contributed by atoms with Crippen LogP contribution in [0, 0.1) is 6.92 Å². The van der Waals surface area contributed by atoms with Gasteiger partial charge in [0.2, 0.25) is 10.0 Å². The van der Waals surface area contributed by atoms with Crippen LogP contribution in [0.4, 0.5) is 0 Å². The van der Waals surface area contributed by atoms with Crippen molar-refractivity contribution in [3.05, 3.63) is 59.7 Å². The molecule has 0 bridgehead atoms. The average molecular weight is 436 g/mol. The van der Waals surface area contributed by atoms with Crippen LogP contribution in [0.1, 0.15) is 15.9 Å². The molecule has 30 heavy (non-hydrogen) atoms. The molecular formula is C20H25N3O6S. The number of hydrogen-bond donors (Lipinski definition) is 2. The summed E-state index contributed by atoms with van der Waals surface area (Å²) in [4.78, 5) is 24.6. The van der Waals surface area contributed by atoms with E-state index in [2.05, 4.69) is 10.9 Å². The van der Waals surface area contributed by atoms with Crippen LogP contribution in [0.25, 0.3) is 0 Å². The van der Waals surface area contributed by atoms with E-state index in [0.717, 1.165) is 9.87 Å². The molecule has 2 N–H and O–H groups in total. The molecule has 0 saturated carbocycles. The zero-order valence-corrected chi connectivity index (χ0v) is 17.9. The maximum absolute atomic E-state index is 12.5. The van der Waals surface area contributed by atoms with Gasteiger partial charge in [-0.2, -0.15) is 4.31 Å². The minimum absolute atomic E-state index is 0.0783. The third kappa shape index (κ3) is 6.28. The lowest BCUT2D eigenvalue weighted by Crippen LogP contribution is -2.46. The predicted octanol–water partition coefficient (Wildman–Crippen LogP) is 1.10. The van der Waals surface area contributed by atoms with E-state index in [0.29, 0.717) is 12.4 Å². The second-order valence-electron chi connectivity index (χ2n) is 6.41. The van der Waals surface area contributed by atoms with E-state index in [1.807, 2.05) is 6.92 Å². The highest BCUT2D eigenvalue weighted by Crippen LogP contribution is 2.17. The minimum atomic E-state index is -3.83. The molecule has 0 heterocycles. The molecule has 0 unspecified atom stereocenters. The number of ether oxygens (including phenoxy) is 2. The number of aryl methyl sites for hydroxylation is 1. The number of carbonyl (C=O) groups excluding carboxylic acids is 2. The van der Waals surface area contributed by atoms with Gasteiger partial charge >= 0.3 is 0 Å². The van der Waals surface area contributed by atoms with E-state index < -0.39 is 28.4 Å². The summed E-state index contributed by atoms with van der Waals surface area (Å²) in [5.41, 5.74) is 5.61. The van der Waals surface area contributed by atoms with E-state index in [1.54, 1.807) is 30.3 Å². The summed E-state index contributed by atoms with van der Waals surface area (Å²) >= 11 is 0. The van der Waals surface area contributed by atoms with Gasteiger partial charge in [-0.3, -0.25) is 20.4 Å². The van der Waals surface area contributed by atoms with Gasteiger partial charge in [-0.25, -0.2) is 8.42 Å². The number of hydrazine groups is 1. The average Bonchev–Trinajstić information content (AvgIpc) is 2.73. The first-order chi connectivity index (χ1) is 14.3. The fourth-order valence-corrected chi connectivity index (χ4v) is 3.55. The number of benzene rings is 2. The summed E-state index contributed by atoms with van der Waals surface area (Å²) in [6, 6.07) is 12.8. The first-order valence-electron chi connectivity index (χ1n) is 9.08. The van der Waals surface area contributed by atoms with Crippen molar-refractivity contribution < 1.29 is 27.5 Å². The molecule has 0 atom stereocenters. The molecule has 0 aliphatic rings. The number of carbonyl (C=O) groups is 2. The second-order valence-corrected chi connectivity index (χ2v) is 8.46. The summed E-state index contributed by atoms with van der Waals surface area (Å²) in [7, 11) is -1.01. The molecule has 0 aliphatic carbocycles. The molecule has 0 spiro atoms. The highest BCUT2D eigenvalue weighted by atomic mass is 32.2. The van der Waals surface area contributed by atoms with E-state index in [9.17, 15) is 18.0 Å². The Morgan fingerprint density at radius 1 is 1.00 bits per heavy atom. The number of para-hydroxylation sites is 1. The number of methoxy groups -OCH3 is 1. The highest BCUT2D eigenvalue weighted by molar-refractivity contribution is 7.89. The Kier molecular flexibility index (Phi) is 8.34. The van der Waals surface area contributed by atoms with Crippen molar-refractivity contribution in [2.45, 2.75) is 11.8 Å². The number of rotatable bonds is 9. The number of amides is 2. The summed E-state index contributed by atoms with van der Waals surface area (Å²) in [5.74, 6) is -0.958. The van der Waals surface area contributed by atoms with Gasteiger partial charge < -0.3 is 9.47 Å². The van der Waals surface area contributed by atoms with Gasteiger partial charge in [-0.1, -0.05) is 29.8 Å². The monoisotopic (exact) mass is 435 g/mol. The SMILES string of the molecule is COCCOc1ccccc1C(=O)NNC(=O)CN(C)S(=O)(=O)c1ccc(C)cc1. The van der Waals surface area contributed by atoms with Gasteiger partial charge in [-0.15, -0.1) is 0 Å². The molecule has 2 aromatic carbocycles. The van der Waals surface area contributed by atoms with Gasteiger partial charge in [0.1, 0.15) is 12.4 Å². The number of sulfonamides is 1. The second kappa shape index (κ2) is 10.7. The van der Waals surface area contributed by atoms with Crippen molar-refractivity contribution in [1.82, 2.24) is 15.2 Å². The molecule has 0 aromatic heterocycles. The minimum Gasteiger partial charge on any atom is -0.490 e. The molecule has 0 fully saturated rings. The molecule has 9 nitrogen and oxygen atoms in total. The number of likely N-dealkylation sites (N-methyl/N-ethyl adjacent to an activating group) is 1. The van der Waals surface area contributed by atoms with Crippen LogP contribution in [-0.4, -0.2) is 58.5 Å². The van der Waals surface area contributed by atoms with Crippen molar-refractivity contribution in [2.24, 2.45) is 0 Å². The smallest absolute Gasteiger partial charge is 0.273 e. The standard InChI is InChI=1S/C20H25N3O6S/c1-15-8-10-16(11-9-15)30(26,27)23(2)14-19(24)21-22-20(25)17-6-4-5-7-18(17)29-13-12-28-3/h4-11H,12-14H2,1-3H3,(H,21,24)(H,22,25). The number of nitrogens with one attached hydrogen (secondary N) is 2. The third-order valence-electron chi connectivity index (χ3n) is 4.09.